The molecule has 1 aliphatic carbocycles. The average Bonchev–Trinajstić information content (AvgIpc) is 2.54. The first-order valence-corrected chi connectivity index (χ1v) is 7.43. The van der Waals surface area contributed by atoms with E-state index in [9.17, 15) is 0 Å². The normalized spacial score (nSPS) is 17.8. The molecule has 1 unspecified atom stereocenters. The van der Waals surface area contributed by atoms with Gasteiger partial charge in [-0.15, -0.1) is 0 Å². The zero-order chi connectivity index (χ0) is 13.1. The fourth-order valence-electron chi connectivity index (χ4n) is 2.42. The Morgan fingerprint density at radius 3 is 2.72 bits per heavy atom. The number of nitrogens with one attached hydrogen (secondary N) is 1. The second-order valence-corrected chi connectivity index (χ2v) is 5.91. The molecule has 1 fully saturated rings. The highest BCUT2D eigenvalue weighted by Gasteiger charge is 2.19. The van der Waals surface area contributed by atoms with Gasteiger partial charge in [-0.1, -0.05) is 31.9 Å². The fraction of sp³-hybridized carbons (Fsp3) is 0.786. The number of aryl methyl sites for hydroxylation is 2. The molecule has 1 aromatic rings. The van der Waals surface area contributed by atoms with E-state index in [0.29, 0.717) is 5.92 Å². The fourth-order valence-corrected chi connectivity index (χ4v) is 2.79. The molecule has 0 spiro atoms. The summed E-state index contributed by atoms with van der Waals surface area (Å²) in [6.07, 6.45) is 5.99. The van der Waals surface area contributed by atoms with Crippen molar-refractivity contribution < 1.29 is 0 Å². The lowest BCUT2D eigenvalue weighted by Gasteiger charge is -2.28. The Balaban J connectivity index is 1.89. The van der Waals surface area contributed by atoms with E-state index in [-0.39, 0.29) is 0 Å². The van der Waals surface area contributed by atoms with Gasteiger partial charge in [0.15, 0.2) is 0 Å². The highest BCUT2D eigenvalue weighted by molar-refractivity contribution is 6.31. The standard InChI is InChI=1S/C14H24ClN3/c1-4-12-14(15)13(18(3)17-12)8-10(2)9-16-11-6-5-7-11/h10-11,16H,4-9H2,1-3H3. The third-order valence-electron chi connectivity index (χ3n) is 3.90. The molecule has 0 bridgehead atoms. The predicted molar refractivity (Wildman–Crippen MR) is 76.1 cm³/mol. The molecule has 0 aliphatic heterocycles. The maximum atomic E-state index is 6.37. The Kier molecular flexibility index (Phi) is 4.68. The van der Waals surface area contributed by atoms with Crippen LogP contribution in [0.3, 0.4) is 0 Å². The van der Waals surface area contributed by atoms with Gasteiger partial charge in [-0.2, -0.15) is 5.10 Å². The third kappa shape index (κ3) is 3.07. The van der Waals surface area contributed by atoms with Crippen molar-refractivity contribution in [3.63, 3.8) is 0 Å². The molecule has 1 atom stereocenters. The molecule has 102 valence electrons. The third-order valence-corrected chi connectivity index (χ3v) is 4.34. The van der Waals surface area contributed by atoms with Crippen molar-refractivity contribution in [2.24, 2.45) is 13.0 Å². The Morgan fingerprint density at radius 1 is 1.50 bits per heavy atom. The number of halogens is 1. The van der Waals surface area contributed by atoms with Gasteiger partial charge in [0.25, 0.3) is 0 Å². The zero-order valence-electron chi connectivity index (χ0n) is 11.7. The van der Waals surface area contributed by atoms with Crippen molar-refractivity contribution in [3.8, 4) is 0 Å². The number of aromatic nitrogens is 2. The number of rotatable bonds is 6. The Morgan fingerprint density at radius 2 is 2.22 bits per heavy atom. The highest BCUT2D eigenvalue weighted by Crippen LogP contribution is 2.24. The van der Waals surface area contributed by atoms with E-state index in [1.54, 1.807) is 0 Å². The highest BCUT2D eigenvalue weighted by atomic mass is 35.5. The minimum absolute atomic E-state index is 0.600. The maximum absolute atomic E-state index is 6.37. The summed E-state index contributed by atoms with van der Waals surface area (Å²) in [7, 11) is 1.99. The van der Waals surface area contributed by atoms with Crippen LogP contribution in [0.5, 0.6) is 0 Å². The Labute approximate surface area is 115 Å². The molecule has 4 heteroatoms. The van der Waals surface area contributed by atoms with Gasteiger partial charge in [0.2, 0.25) is 0 Å². The first-order valence-electron chi connectivity index (χ1n) is 7.05. The van der Waals surface area contributed by atoms with Crippen molar-refractivity contribution >= 4 is 11.6 Å². The van der Waals surface area contributed by atoms with E-state index < -0.39 is 0 Å². The van der Waals surface area contributed by atoms with E-state index in [4.69, 9.17) is 11.6 Å². The van der Waals surface area contributed by atoms with Gasteiger partial charge in [-0.05, 0) is 38.1 Å². The molecular weight excluding hydrogens is 246 g/mol. The summed E-state index contributed by atoms with van der Waals surface area (Å²) in [6.45, 7) is 5.45. The van der Waals surface area contributed by atoms with Crippen LogP contribution in [0, 0.1) is 5.92 Å². The lowest BCUT2D eigenvalue weighted by Crippen LogP contribution is -2.38. The molecule has 0 radical (unpaired) electrons. The maximum Gasteiger partial charge on any atom is 0.0849 e. The second kappa shape index (κ2) is 6.07. The molecule has 1 N–H and O–H groups in total. The van der Waals surface area contributed by atoms with E-state index in [0.717, 1.165) is 36.1 Å². The average molecular weight is 270 g/mol. The van der Waals surface area contributed by atoms with Crippen LogP contribution in [0.4, 0.5) is 0 Å². The van der Waals surface area contributed by atoms with Crippen molar-refractivity contribution in [1.82, 2.24) is 15.1 Å². The van der Waals surface area contributed by atoms with Crippen LogP contribution >= 0.6 is 11.6 Å². The molecule has 18 heavy (non-hydrogen) atoms. The molecule has 0 aromatic carbocycles. The van der Waals surface area contributed by atoms with Gasteiger partial charge < -0.3 is 5.32 Å². The van der Waals surface area contributed by atoms with Crippen molar-refractivity contribution in [2.75, 3.05) is 6.54 Å². The SMILES string of the molecule is CCc1nn(C)c(CC(C)CNC2CCC2)c1Cl. The lowest BCUT2D eigenvalue weighted by atomic mass is 9.92. The summed E-state index contributed by atoms with van der Waals surface area (Å²) in [5, 5.41) is 8.97. The second-order valence-electron chi connectivity index (χ2n) is 5.53. The molecular formula is C14H24ClN3. The largest absolute Gasteiger partial charge is 0.314 e. The molecule has 0 amide bonds. The summed E-state index contributed by atoms with van der Waals surface area (Å²) in [4.78, 5) is 0. The van der Waals surface area contributed by atoms with Gasteiger partial charge in [-0.25, -0.2) is 0 Å². The van der Waals surface area contributed by atoms with Crippen LogP contribution in [-0.4, -0.2) is 22.4 Å². The number of nitrogens with zero attached hydrogens (tertiary/aromatic N) is 2. The lowest BCUT2D eigenvalue weighted by molar-refractivity contribution is 0.319. The first kappa shape index (κ1) is 13.9. The van der Waals surface area contributed by atoms with Gasteiger partial charge in [0.1, 0.15) is 0 Å². The van der Waals surface area contributed by atoms with Gasteiger partial charge in [-0.3, -0.25) is 4.68 Å². The van der Waals surface area contributed by atoms with Crippen LogP contribution < -0.4 is 5.32 Å². The van der Waals surface area contributed by atoms with E-state index >= 15 is 0 Å². The number of hydrogen-bond acceptors (Lipinski definition) is 2. The zero-order valence-corrected chi connectivity index (χ0v) is 12.4. The number of hydrogen-bond donors (Lipinski definition) is 1. The minimum Gasteiger partial charge on any atom is -0.314 e. The predicted octanol–water partition coefficient (Wildman–Crippen LogP) is 2.96. The molecule has 1 heterocycles. The van der Waals surface area contributed by atoms with E-state index in [1.165, 1.54) is 25.0 Å². The first-order chi connectivity index (χ1) is 8.61. The molecule has 0 saturated heterocycles. The quantitative estimate of drug-likeness (QED) is 0.861. The van der Waals surface area contributed by atoms with Crippen molar-refractivity contribution in [3.05, 3.63) is 16.4 Å². The van der Waals surface area contributed by atoms with Gasteiger partial charge in [0.05, 0.1) is 16.4 Å². The van der Waals surface area contributed by atoms with Crippen LogP contribution in [0.1, 0.15) is 44.5 Å². The summed E-state index contributed by atoms with van der Waals surface area (Å²) in [6, 6.07) is 0.765. The Bertz CT molecular complexity index is 396. The monoisotopic (exact) mass is 269 g/mol. The minimum atomic E-state index is 0.600. The van der Waals surface area contributed by atoms with E-state index in [1.807, 2.05) is 11.7 Å². The summed E-state index contributed by atoms with van der Waals surface area (Å²) >= 11 is 6.37. The smallest absolute Gasteiger partial charge is 0.0849 e. The van der Waals surface area contributed by atoms with Crippen molar-refractivity contribution in [2.45, 2.75) is 52.0 Å². The van der Waals surface area contributed by atoms with Crippen LogP contribution in [-0.2, 0) is 19.9 Å². The molecule has 2 rings (SSSR count). The Hall–Kier alpha value is -0.540. The molecule has 1 aliphatic rings. The van der Waals surface area contributed by atoms with Gasteiger partial charge >= 0.3 is 0 Å². The van der Waals surface area contributed by atoms with Gasteiger partial charge in [0, 0.05) is 13.1 Å². The van der Waals surface area contributed by atoms with E-state index in [2.05, 4.69) is 24.3 Å². The van der Waals surface area contributed by atoms with Crippen LogP contribution in [0.15, 0.2) is 0 Å². The topological polar surface area (TPSA) is 29.9 Å². The van der Waals surface area contributed by atoms with Crippen LogP contribution in [0.25, 0.3) is 0 Å². The summed E-state index contributed by atoms with van der Waals surface area (Å²) in [5.41, 5.74) is 2.20. The summed E-state index contributed by atoms with van der Waals surface area (Å²) < 4.78 is 1.95. The van der Waals surface area contributed by atoms with Crippen molar-refractivity contribution in [1.29, 1.82) is 0 Å². The molecule has 3 nitrogen and oxygen atoms in total. The molecule has 1 aromatic heterocycles. The van der Waals surface area contributed by atoms with Crippen LogP contribution in [0.2, 0.25) is 5.02 Å². The molecule has 1 saturated carbocycles. The summed E-state index contributed by atoms with van der Waals surface area (Å²) in [5.74, 6) is 0.600.